The summed E-state index contributed by atoms with van der Waals surface area (Å²) in [6.45, 7) is 2.09. The number of hydrogen-bond donors (Lipinski definition) is 1. The standard InChI is InChI=1S/C17H17N3O/c1-2-11-10-14(21)18-17-15(11)16(12-8-9-12)19-20(17)13-6-4-3-5-7-13/h3-7,10,12H,2,8-9H2,1H3,(H,18,21). The van der Waals surface area contributed by atoms with Crippen LogP contribution < -0.4 is 5.56 Å². The second-order valence-electron chi connectivity index (χ2n) is 5.64. The maximum Gasteiger partial charge on any atom is 0.249 e. The number of aromatic nitrogens is 3. The van der Waals surface area contributed by atoms with Crippen LogP contribution in [0.2, 0.25) is 0 Å². The zero-order chi connectivity index (χ0) is 14.4. The monoisotopic (exact) mass is 279 g/mol. The Hall–Kier alpha value is -2.36. The fourth-order valence-corrected chi connectivity index (χ4v) is 2.93. The van der Waals surface area contributed by atoms with Gasteiger partial charge in [0.05, 0.1) is 11.4 Å². The molecule has 106 valence electrons. The lowest BCUT2D eigenvalue weighted by molar-refractivity contribution is 0.849. The first-order valence-electron chi connectivity index (χ1n) is 7.48. The smallest absolute Gasteiger partial charge is 0.249 e. The molecular formula is C17H17N3O. The molecule has 0 amide bonds. The molecule has 2 heterocycles. The molecule has 0 spiro atoms. The van der Waals surface area contributed by atoms with E-state index in [4.69, 9.17) is 5.10 Å². The van der Waals surface area contributed by atoms with Crippen molar-refractivity contribution in [3.8, 4) is 5.69 Å². The Kier molecular flexibility index (Phi) is 2.70. The summed E-state index contributed by atoms with van der Waals surface area (Å²) in [5, 5.41) is 5.96. The first-order valence-corrected chi connectivity index (χ1v) is 7.48. The first-order chi connectivity index (χ1) is 10.3. The van der Waals surface area contributed by atoms with Crippen LogP contribution in [0.5, 0.6) is 0 Å². The molecule has 0 aliphatic heterocycles. The summed E-state index contributed by atoms with van der Waals surface area (Å²) < 4.78 is 1.88. The summed E-state index contributed by atoms with van der Waals surface area (Å²) in [4.78, 5) is 14.9. The summed E-state index contributed by atoms with van der Waals surface area (Å²) in [6, 6.07) is 11.7. The summed E-state index contributed by atoms with van der Waals surface area (Å²) in [5.74, 6) is 0.550. The predicted octanol–water partition coefficient (Wildman–Crippen LogP) is 3.15. The Bertz CT molecular complexity index is 857. The van der Waals surface area contributed by atoms with Crippen LogP contribution >= 0.6 is 0 Å². The molecule has 2 aromatic heterocycles. The van der Waals surface area contributed by atoms with Crippen LogP contribution in [0.1, 0.15) is 36.9 Å². The van der Waals surface area contributed by atoms with E-state index in [-0.39, 0.29) is 5.56 Å². The van der Waals surface area contributed by atoms with Gasteiger partial charge in [0, 0.05) is 17.4 Å². The summed E-state index contributed by atoms with van der Waals surface area (Å²) in [7, 11) is 0. The van der Waals surface area contributed by atoms with E-state index in [0.29, 0.717) is 5.92 Å². The van der Waals surface area contributed by atoms with Crippen molar-refractivity contribution in [2.45, 2.75) is 32.1 Å². The molecule has 1 fully saturated rings. The molecule has 4 rings (SSSR count). The molecule has 1 N–H and O–H groups in total. The van der Waals surface area contributed by atoms with E-state index in [0.717, 1.165) is 34.4 Å². The van der Waals surface area contributed by atoms with Gasteiger partial charge in [-0.25, -0.2) is 4.68 Å². The molecule has 4 nitrogen and oxygen atoms in total. The van der Waals surface area contributed by atoms with E-state index in [1.807, 2.05) is 35.0 Å². The molecule has 0 saturated heterocycles. The van der Waals surface area contributed by atoms with Gasteiger partial charge in [-0.15, -0.1) is 0 Å². The number of nitrogens with zero attached hydrogens (tertiary/aromatic N) is 2. The highest BCUT2D eigenvalue weighted by atomic mass is 16.1. The van der Waals surface area contributed by atoms with Crippen molar-refractivity contribution in [2.75, 3.05) is 0 Å². The van der Waals surface area contributed by atoms with Gasteiger partial charge in [0.25, 0.3) is 0 Å². The number of fused-ring (bicyclic) bond motifs is 1. The van der Waals surface area contributed by atoms with Crippen LogP contribution in [0.15, 0.2) is 41.2 Å². The molecule has 21 heavy (non-hydrogen) atoms. The van der Waals surface area contributed by atoms with Crippen LogP contribution in [-0.2, 0) is 6.42 Å². The lowest BCUT2D eigenvalue weighted by atomic mass is 10.1. The predicted molar refractivity (Wildman–Crippen MR) is 83.0 cm³/mol. The minimum absolute atomic E-state index is 0.0567. The van der Waals surface area contributed by atoms with E-state index in [2.05, 4.69) is 11.9 Å². The van der Waals surface area contributed by atoms with Gasteiger partial charge in [-0.1, -0.05) is 25.1 Å². The highest BCUT2D eigenvalue weighted by Crippen LogP contribution is 2.43. The fraction of sp³-hybridized carbons (Fsp3) is 0.294. The number of aromatic amines is 1. The summed E-state index contributed by atoms with van der Waals surface area (Å²) >= 11 is 0. The van der Waals surface area contributed by atoms with Gasteiger partial charge < -0.3 is 4.98 Å². The Labute approximate surface area is 122 Å². The van der Waals surface area contributed by atoms with Crippen LogP contribution in [0.25, 0.3) is 16.7 Å². The zero-order valence-corrected chi connectivity index (χ0v) is 12.0. The minimum Gasteiger partial charge on any atom is -0.306 e. The number of H-pyrrole nitrogens is 1. The van der Waals surface area contributed by atoms with Crippen molar-refractivity contribution >= 4 is 11.0 Å². The van der Waals surface area contributed by atoms with Gasteiger partial charge >= 0.3 is 0 Å². The fourth-order valence-electron chi connectivity index (χ4n) is 2.93. The van der Waals surface area contributed by atoms with E-state index < -0.39 is 0 Å². The third kappa shape index (κ3) is 1.98. The molecule has 0 radical (unpaired) electrons. The zero-order valence-electron chi connectivity index (χ0n) is 12.0. The molecule has 1 aromatic carbocycles. The third-order valence-corrected chi connectivity index (χ3v) is 4.13. The molecular weight excluding hydrogens is 262 g/mol. The largest absolute Gasteiger partial charge is 0.306 e. The first kappa shape index (κ1) is 12.4. The third-order valence-electron chi connectivity index (χ3n) is 4.13. The lowest BCUT2D eigenvalue weighted by Gasteiger charge is -2.03. The molecule has 0 unspecified atom stereocenters. The number of nitrogens with one attached hydrogen (secondary N) is 1. The van der Waals surface area contributed by atoms with Crippen molar-refractivity contribution in [3.05, 3.63) is 58.0 Å². The summed E-state index contributed by atoms with van der Waals surface area (Å²) in [5.41, 5.74) is 3.99. The van der Waals surface area contributed by atoms with Gasteiger partial charge in [-0.05, 0) is 37.0 Å². The molecule has 1 aliphatic carbocycles. The normalized spacial score (nSPS) is 14.7. The Morgan fingerprint density at radius 3 is 2.71 bits per heavy atom. The lowest BCUT2D eigenvalue weighted by Crippen LogP contribution is -2.08. The minimum atomic E-state index is -0.0567. The molecule has 3 aromatic rings. The van der Waals surface area contributed by atoms with Crippen LogP contribution in [0.4, 0.5) is 0 Å². The molecule has 1 aliphatic rings. The Morgan fingerprint density at radius 1 is 1.29 bits per heavy atom. The number of hydrogen-bond acceptors (Lipinski definition) is 2. The van der Waals surface area contributed by atoms with Crippen molar-refractivity contribution in [1.29, 1.82) is 0 Å². The SMILES string of the molecule is CCc1cc(=O)[nH]c2c1c(C1CC1)nn2-c1ccccc1. The van der Waals surface area contributed by atoms with Crippen molar-refractivity contribution in [1.82, 2.24) is 14.8 Å². The quantitative estimate of drug-likeness (QED) is 0.800. The van der Waals surface area contributed by atoms with Crippen molar-refractivity contribution < 1.29 is 0 Å². The second-order valence-corrected chi connectivity index (χ2v) is 5.64. The highest BCUT2D eigenvalue weighted by Gasteiger charge is 2.30. The maximum absolute atomic E-state index is 11.9. The average Bonchev–Trinajstić information content (AvgIpc) is 3.28. The number of pyridine rings is 1. The Morgan fingerprint density at radius 2 is 2.05 bits per heavy atom. The maximum atomic E-state index is 11.9. The van der Waals surface area contributed by atoms with Gasteiger partial charge in [-0.3, -0.25) is 4.79 Å². The van der Waals surface area contributed by atoms with E-state index >= 15 is 0 Å². The van der Waals surface area contributed by atoms with Gasteiger partial charge in [-0.2, -0.15) is 5.10 Å². The van der Waals surface area contributed by atoms with E-state index in [9.17, 15) is 4.79 Å². The number of benzene rings is 1. The molecule has 0 bridgehead atoms. The average molecular weight is 279 g/mol. The van der Waals surface area contributed by atoms with Crippen LogP contribution in [-0.4, -0.2) is 14.8 Å². The van der Waals surface area contributed by atoms with Gasteiger partial charge in [0.2, 0.25) is 5.56 Å². The number of para-hydroxylation sites is 1. The molecule has 0 atom stereocenters. The number of rotatable bonds is 3. The van der Waals surface area contributed by atoms with E-state index in [1.165, 1.54) is 12.8 Å². The van der Waals surface area contributed by atoms with Gasteiger partial charge in [0.15, 0.2) is 0 Å². The van der Waals surface area contributed by atoms with Gasteiger partial charge in [0.1, 0.15) is 5.65 Å². The molecule has 4 heteroatoms. The van der Waals surface area contributed by atoms with Crippen molar-refractivity contribution in [2.24, 2.45) is 0 Å². The number of aryl methyl sites for hydroxylation is 1. The highest BCUT2D eigenvalue weighted by molar-refractivity contribution is 5.84. The van der Waals surface area contributed by atoms with Crippen molar-refractivity contribution in [3.63, 3.8) is 0 Å². The topological polar surface area (TPSA) is 50.7 Å². The Balaban J connectivity index is 2.08. The van der Waals surface area contributed by atoms with E-state index in [1.54, 1.807) is 6.07 Å². The second kappa shape index (κ2) is 4.58. The summed E-state index contributed by atoms with van der Waals surface area (Å²) in [6.07, 6.45) is 3.24. The van der Waals surface area contributed by atoms with Crippen LogP contribution in [0, 0.1) is 0 Å². The van der Waals surface area contributed by atoms with Crippen LogP contribution in [0.3, 0.4) is 0 Å². The molecule has 1 saturated carbocycles.